The highest BCUT2D eigenvalue weighted by Gasteiger charge is 2.36. The number of benzene rings is 1. The van der Waals surface area contributed by atoms with E-state index in [4.69, 9.17) is 5.21 Å². The van der Waals surface area contributed by atoms with Crippen LogP contribution < -0.4 is 16.1 Å². The van der Waals surface area contributed by atoms with E-state index in [1.807, 2.05) is 24.3 Å². The highest BCUT2D eigenvalue weighted by atomic mass is 16.5. The lowest BCUT2D eigenvalue weighted by molar-refractivity contribution is -0.135. The van der Waals surface area contributed by atoms with Gasteiger partial charge in [-0.15, -0.1) is 0 Å². The van der Waals surface area contributed by atoms with Crippen LogP contribution >= 0.6 is 0 Å². The Balaban J connectivity index is 1.46. The van der Waals surface area contributed by atoms with Crippen molar-refractivity contribution in [1.82, 2.24) is 26.0 Å². The smallest absolute Gasteiger partial charge is 0.280 e. The highest BCUT2D eigenvalue weighted by Crippen LogP contribution is 2.20. The van der Waals surface area contributed by atoms with Crippen LogP contribution in [0.4, 0.5) is 0 Å². The fraction of sp³-hybridized carbons (Fsp3) is 0.360. The molecule has 1 aliphatic heterocycles. The van der Waals surface area contributed by atoms with E-state index < -0.39 is 29.7 Å². The van der Waals surface area contributed by atoms with Crippen molar-refractivity contribution >= 4 is 29.5 Å². The molecule has 0 unspecified atom stereocenters. The number of hydroxylamine groups is 1. The molecule has 36 heavy (non-hydrogen) atoms. The molecule has 1 atom stereocenters. The zero-order valence-corrected chi connectivity index (χ0v) is 20.0. The van der Waals surface area contributed by atoms with Crippen LogP contribution in [-0.4, -0.2) is 63.8 Å². The van der Waals surface area contributed by atoms with Gasteiger partial charge in [0.15, 0.2) is 0 Å². The van der Waals surface area contributed by atoms with Crippen molar-refractivity contribution in [3.05, 3.63) is 65.0 Å². The Bertz CT molecular complexity index is 1100. The van der Waals surface area contributed by atoms with E-state index in [9.17, 15) is 24.0 Å². The van der Waals surface area contributed by atoms with E-state index in [1.165, 1.54) is 29.4 Å². The molecule has 0 saturated heterocycles. The number of nitrogens with zero attached hydrogens (tertiary/aromatic N) is 2. The number of amides is 5. The maximum atomic E-state index is 12.4. The van der Waals surface area contributed by atoms with E-state index in [0.717, 1.165) is 23.3 Å². The summed E-state index contributed by atoms with van der Waals surface area (Å²) in [4.78, 5) is 66.2. The molecular formula is C25H29N5O6. The monoisotopic (exact) mass is 495 g/mol. The van der Waals surface area contributed by atoms with Crippen molar-refractivity contribution in [2.75, 3.05) is 13.1 Å². The number of aromatic nitrogens is 1. The van der Waals surface area contributed by atoms with Crippen LogP contribution in [0.5, 0.6) is 0 Å². The van der Waals surface area contributed by atoms with Crippen molar-refractivity contribution in [2.24, 2.45) is 0 Å². The molecule has 5 amide bonds. The third-order valence-electron chi connectivity index (χ3n) is 5.76. The SMILES string of the molecule is CCCc1ccc(CCC(=O)NC[C@H](NC(=O)CCN2C(=O)c3cccnc3C2=O)C(=O)NO)cc1. The lowest BCUT2D eigenvalue weighted by atomic mass is 10.0. The minimum absolute atomic E-state index is 0.0278. The van der Waals surface area contributed by atoms with Crippen LogP contribution in [-0.2, 0) is 27.2 Å². The number of imide groups is 1. The number of pyridine rings is 1. The van der Waals surface area contributed by atoms with Crippen molar-refractivity contribution in [1.29, 1.82) is 0 Å². The Morgan fingerprint density at radius 2 is 1.67 bits per heavy atom. The number of carbonyl (C=O) groups is 5. The molecule has 2 aromatic rings. The Morgan fingerprint density at radius 3 is 2.31 bits per heavy atom. The van der Waals surface area contributed by atoms with Gasteiger partial charge in [0.05, 0.1) is 5.56 Å². The number of aryl methyl sites for hydroxylation is 2. The van der Waals surface area contributed by atoms with Gasteiger partial charge in [-0.05, 0) is 36.1 Å². The van der Waals surface area contributed by atoms with Crippen LogP contribution in [0.15, 0.2) is 42.6 Å². The van der Waals surface area contributed by atoms with Gasteiger partial charge in [0, 0.05) is 32.1 Å². The van der Waals surface area contributed by atoms with Gasteiger partial charge >= 0.3 is 0 Å². The summed E-state index contributed by atoms with van der Waals surface area (Å²) in [6, 6.07) is 9.79. The van der Waals surface area contributed by atoms with Gasteiger partial charge in [0.1, 0.15) is 11.7 Å². The summed E-state index contributed by atoms with van der Waals surface area (Å²) in [5, 5.41) is 14.0. The molecule has 4 N–H and O–H groups in total. The molecule has 0 fully saturated rings. The summed E-state index contributed by atoms with van der Waals surface area (Å²) in [5.41, 5.74) is 3.89. The lowest BCUT2D eigenvalue weighted by Crippen LogP contribution is -2.52. The number of hydrogen-bond donors (Lipinski definition) is 4. The van der Waals surface area contributed by atoms with Crippen LogP contribution in [0.25, 0.3) is 0 Å². The fourth-order valence-electron chi connectivity index (χ4n) is 3.81. The maximum Gasteiger partial charge on any atom is 0.280 e. The van der Waals surface area contributed by atoms with Gasteiger partial charge in [0.2, 0.25) is 11.8 Å². The summed E-state index contributed by atoms with van der Waals surface area (Å²) in [5.74, 6) is -3.03. The van der Waals surface area contributed by atoms with Gasteiger partial charge in [0.25, 0.3) is 17.7 Å². The largest absolute Gasteiger partial charge is 0.353 e. The summed E-state index contributed by atoms with van der Waals surface area (Å²) in [7, 11) is 0. The predicted molar refractivity (Wildman–Crippen MR) is 128 cm³/mol. The second-order valence-corrected chi connectivity index (χ2v) is 8.38. The first-order valence-electron chi connectivity index (χ1n) is 11.7. The predicted octanol–water partition coefficient (Wildman–Crippen LogP) is 0.759. The third kappa shape index (κ3) is 6.72. The Morgan fingerprint density at radius 1 is 0.972 bits per heavy atom. The Kier molecular flexibility index (Phi) is 9.23. The molecule has 190 valence electrons. The van der Waals surface area contributed by atoms with E-state index in [0.29, 0.717) is 6.42 Å². The van der Waals surface area contributed by atoms with Crippen molar-refractivity contribution < 1.29 is 29.2 Å². The van der Waals surface area contributed by atoms with Gasteiger partial charge in [-0.2, -0.15) is 0 Å². The highest BCUT2D eigenvalue weighted by molar-refractivity contribution is 6.20. The first-order valence-corrected chi connectivity index (χ1v) is 11.7. The summed E-state index contributed by atoms with van der Waals surface area (Å²) >= 11 is 0. The summed E-state index contributed by atoms with van der Waals surface area (Å²) < 4.78 is 0. The van der Waals surface area contributed by atoms with Crippen molar-refractivity contribution in [2.45, 2.75) is 45.1 Å². The molecule has 2 heterocycles. The average molecular weight is 496 g/mol. The van der Waals surface area contributed by atoms with Crippen LogP contribution in [0.3, 0.4) is 0 Å². The molecule has 11 nitrogen and oxygen atoms in total. The fourth-order valence-corrected chi connectivity index (χ4v) is 3.81. The van der Waals surface area contributed by atoms with Gasteiger partial charge < -0.3 is 10.6 Å². The molecule has 1 aliphatic rings. The normalized spacial score (nSPS) is 13.2. The molecule has 1 aromatic carbocycles. The second kappa shape index (κ2) is 12.5. The van der Waals surface area contributed by atoms with E-state index in [1.54, 1.807) is 0 Å². The van der Waals surface area contributed by atoms with E-state index >= 15 is 0 Å². The molecule has 0 radical (unpaired) electrons. The first kappa shape index (κ1) is 26.5. The molecule has 11 heteroatoms. The van der Waals surface area contributed by atoms with E-state index in [2.05, 4.69) is 22.5 Å². The molecule has 3 rings (SSSR count). The first-order chi connectivity index (χ1) is 17.3. The zero-order valence-electron chi connectivity index (χ0n) is 20.0. The molecule has 1 aromatic heterocycles. The van der Waals surface area contributed by atoms with Crippen LogP contribution in [0, 0.1) is 0 Å². The van der Waals surface area contributed by atoms with Crippen molar-refractivity contribution in [3.8, 4) is 0 Å². The minimum Gasteiger partial charge on any atom is -0.353 e. The number of hydrogen-bond acceptors (Lipinski definition) is 7. The van der Waals surface area contributed by atoms with Crippen LogP contribution in [0.1, 0.15) is 58.2 Å². The van der Waals surface area contributed by atoms with Gasteiger partial charge in [-0.25, -0.2) is 5.48 Å². The van der Waals surface area contributed by atoms with Gasteiger partial charge in [-0.3, -0.25) is 39.1 Å². The number of nitrogens with one attached hydrogen (secondary N) is 3. The molecule has 0 bridgehead atoms. The standard InChI is InChI=1S/C25H29N5O6/c1-2-4-16-6-8-17(9-7-16)10-11-20(31)27-15-19(23(33)29-36)28-21(32)12-14-30-24(34)18-5-3-13-26-22(18)25(30)35/h3,5-9,13,19,36H,2,4,10-12,14-15H2,1H3,(H,27,31)(H,28,32)(H,29,33)/t19-/m0/s1. The summed E-state index contributed by atoms with van der Waals surface area (Å²) in [6.45, 7) is 1.65. The molecular weight excluding hydrogens is 466 g/mol. The maximum absolute atomic E-state index is 12.4. The molecule has 0 saturated carbocycles. The second-order valence-electron chi connectivity index (χ2n) is 8.38. The molecule has 0 spiro atoms. The number of carbonyl (C=O) groups excluding carboxylic acids is 5. The Hall–Kier alpha value is -4.12. The quantitative estimate of drug-likeness (QED) is 0.192. The average Bonchev–Trinajstić information content (AvgIpc) is 3.13. The topological polar surface area (TPSA) is 158 Å². The summed E-state index contributed by atoms with van der Waals surface area (Å²) in [6.07, 6.45) is 3.87. The number of rotatable bonds is 12. The molecule has 0 aliphatic carbocycles. The Labute approximate surface area is 208 Å². The number of fused-ring (bicyclic) bond motifs is 1. The lowest BCUT2D eigenvalue weighted by Gasteiger charge is -2.19. The third-order valence-corrected chi connectivity index (χ3v) is 5.76. The zero-order chi connectivity index (χ0) is 26.1. The van der Waals surface area contributed by atoms with E-state index in [-0.39, 0.29) is 43.1 Å². The van der Waals surface area contributed by atoms with Crippen molar-refractivity contribution in [3.63, 3.8) is 0 Å². The van der Waals surface area contributed by atoms with Gasteiger partial charge in [-0.1, -0.05) is 37.6 Å². The minimum atomic E-state index is -1.25. The van der Waals surface area contributed by atoms with Crippen LogP contribution in [0.2, 0.25) is 0 Å².